The third-order valence-electron chi connectivity index (χ3n) is 2.55. The zero-order valence-electron chi connectivity index (χ0n) is 6.52. The van der Waals surface area contributed by atoms with E-state index < -0.39 is 0 Å². The third-order valence-corrected chi connectivity index (χ3v) is 3.04. The Balaban J connectivity index is 2.56. The molecule has 1 aliphatic rings. The van der Waals surface area contributed by atoms with Crippen LogP contribution in [-0.2, 0) is 0 Å². The highest BCUT2D eigenvalue weighted by molar-refractivity contribution is 7.80. The number of thiocarbonyl (C=S) groups is 1. The first-order valence-electron chi connectivity index (χ1n) is 3.95. The Hall–Kier alpha value is -0.110. The maximum atomic E-state index is 5.63. The van der Waals surface area contributed by atoms with Crippen LogP contribution in [0.2, 0.25) is 0 Å². The molecule has 0 aromatic rings. The molecule has 1 saturated carbocycles. The standard InChI is InChI=1S/C8H15NS/c1-8(7(9)10)5-3-2-4-6-8/h2-6H2,1H3,(H2,9,10). The van der Waals surface area contributed by atoms with Crippen molar-refractivity contribution in [1.29, 1.82) is 0 Å². The second kappa shape index (κ2) is 2.87. The van der Waals surface area contributed by atoms with Gasteiger partial charge in [0.1, 0.15) is 0 Å². The molecule has 0 aromatic carbocycles. The summed E-state index contributed by atoms with van der Waals surface area (Å²) in [6.45, 7) is 2.19. The fourth-order valence-electron chi connectivity index (χ4n) is 1.58. The molecule has 0 heterocycles. The fourth-order valence-corrected chi connectivity index (χ4v) is 1.78. The van der Waals surface area contributed by atoms with Crippen molar-refractivity contribution in [1.82, 2.24) is 0 Å². The van der Waals surface area contributed by atoms with Gasteiger partial charge in [-0.2, -0.15) is 0 Å². The van der Waals surface area contributed by atoms with Crippen molar-refractivity contribution in [2.24, 2.45) is 11.1 Å². The predicted octanol–water partition coefficient (Wildman–Crippen LogP) is 2.24. The van der Waals surface area contributed by atoms with Gasteiger partial charge in [-0.25, -0.2) is 0 Å². The number of hydrogen-bond donors (Lipinski definition) is 1. The molecule has 0 radical (unpaired) electrons. The van der Waals surface area contributed by atoms with Gasteiger partial charge < -0.3 is 5.73 Å². The molecule has 0 saturated heterocycles. The minimum atomic E-state index is 0.188. The molecule has 1 rings (SSSR count). The van der Waals surface area contributed by atoms with Crippen molar-refractivity contribution in [3.8, 4) is 0 Å². The molecule has 2 heteroatoms. The van der Waals surface area contributed by atoms with Crippen LogP contribution < -0.4 is 5.73 Å². The summed E-state index contributed by atoms with van der Waals surface area (Å²) < 4.78 is 0. The quantitative estimate of drug-likeness (QED) is 0.591. The van der Waals surface area contributed by atoms with E-state index in [-0.39, 0.29) is 5.41 Å². The van der Waals surface area contributed by atoms with Gasteiger partial charge in [0.05, 0.1) is 4.99 Å². The van der Waals surface area contributed by atoms with E-state index in [0.717, 1.165) is 0 Å². The highest BCUT2D eigenvalue weighted by Gasteiger charge is 2.29. The van der Waals surface area contributed by atoms with Crippen molar-refractivity contribution in [3.63, 3.8) is 0 Å². The van der Waals surface area contributed by atoms with Crippen LogP contribution >= 0.6 is 12.2 Å². The predicted molar refractivity (Wildman–Crippen MR) is 48.0 cm³/mol. The fraction of sp³-hybridized carbons (Fsp3) is 0.875. The maximum Gasteiger partial charge on any atom is 0.0787 e. The molecule has 0 atom stereocenters. The second-order valence-corrected chi connectivity index (χ2v) is 3.93. The van der Waals surface area contributed by atoms with Crippen LogP contribution in [0, 0.1) is 5.41 Å². The largest absolute Gasteiger partial charge is 0.393 e. The van der Waals surface area contributed by atoms with Gasteiger partial charge in [-0.1, -0.05) is 38.4 Å². The number of nitrogens with two attached hydrogens (primary N) is 1. The van der Waals surface area contributed by atoms with E-state index in [0.29, 0.717) is 4.99 Å². The normalized spacial score (nSPS) is 24.1. The van der Waals surface area contributed by atoms with Crippen molar-refractivity contribution in [2.75, 3.05) is 0 Å². The Bertz CT molecular complexity index is 136. The zero-order valence-corrected chi connectivity index (χ0v) is 7.34. The Morgan fingerprint density at radius 2 is 1.80 bits per heavy atom. The first-order valence-corrected chi connectivity index (χ1v) is 4.36. The van der Waals surface area contributed by atoms with Gasteiger partial charge in [0.2, 0.25) is 0 Å². The lowest BCUT2D eigenvalue weighted by Crippen LogP contribution is -2.34. The van der Waals surface area contributed by atoms with Gasteiger partial charge in [0.25, 0.3) is 0 Å². The van der Waals surface area contributed by atoms with E-state index in [9.17, 15) is 0 Å². The van der Waals surface area contributed by atoms with Gasteiger partial charge >= 0.3 is 0 Å². The summed E-state index contributed by atoms with van der Waals surface area (Å²) in [6.07, 6.45) is 6.35. The summed E-state index contributed by atoms with van der Waals surface area (Å²) in [5, 5.41) is 0. The van der Waals surface area contributed by atoms with E-state index in [1.54, 1.807) is 0 Å². The van der Waals surface area contributed by atoms with E-state index >= 15 is 0 Å². The Morgan fingerprint density at radius 3 is 2.10 bits per heavy atom. The van der Waals surface area contributed by atoms with Crippen LogP contribution in [0.3, 0.4) is 0 Å². The molecule has 2 N–H and O–H groups in total. The maximum absolute atomic E-state index is 5.63. The van der Waals surface area contributed by atoms with Crippen LogP contribution in [0.5, 0.6) is 0 Å². The van der Waals surface area contributed by atoms with E-state index in [4.69, 9.17) is 18.0 Å². The van der Waals surface area contributed by atoms with E-state index in [1.165, 1.54) is 32.1 Å². The molecule has 0 bridgehead atoms. The number of rotatable bonds is 1. The summed E-state index contributed by atoms with van der Waals surface area (Å²) >= 11 is 5.01. The highest BCUT2D eigenvalue weighted by atomic mass is 32.1. The molecule has 1 aliphatic carbocycles. The van der Waals surface area contributed by atoms with Crippen LogP contribution in [0.15, 0.2) is 0 Å². The zero-order chi connectivity index (χ0) is 7.61. The van der Waals surface area contributed by atoms with Gasteiger partial charge in [0, 0.05) is 5.41 Å². The van der Waals surface area contributed by atoms with Gasteiger partial charge in [-0.05, 0) is 12.8 Å². The summed E-state index contributed by atoms with van der Waals surface area (Å²) in [4.78, 5) is 0.715. The van der Waals surface area contributed by atoms with Crippen LogP contribution in [0.1, 0.15) is 39.0 Å². The summed E-state index contributed by atoms with van der Waals surface area (Å²) in [6, 6.07) is 0. The Kier molecular flexibility index (Phi) is 2.29. The minimum absolute atomic E-state index is 0.188. The first kappa shape index (κ1) is 7.99. The SMILES string of the molecule is CC1(C(N)=S)CCCCC1. The molecule has 10 heavy (non-hydrogen) atoms. The monoisotopic (exact) mass is 157 g/mol. The lowest BCUT2D eigenvalue weighted by Gasteiger charge is -2.32. The molecule has 1 fully saturated rings. The molecule has 0 unspecified atom stereocenters. The van der Waals surface area contributed by atoms with Gasteiger partial charge in [0.15, 0.2) is 0 Å². The molecular formula is C8H15NS. The molecule has 0 amide bonds. The average molecular weight is 157 g/mol. The molecule has 0 spiro atoms. The summed E-state index contributed by atoms with van der Waals surface area (Å²) in [7, 11) is 0. The molecule has 0 aliphatic heterocycles. The second-order valence-electron chi connectivity index (χ2n) is 3.49. The molecule has 1 nitrogen and oxygen atoms in total. The van der Waals surface area contributed by atoms with E-state index in [2.05, 4.69) is 6.92 Å². The van der Waals surface area contributed by atoms with Crippen molar-refractivity contribution in [2.45, 2.75) is 39.0 Å². The van der Waals surface area contributed by atoms with Crippen LogP contribution in [0.25, 0.3) is 0 Å². The van der Waals surface area contributed by atoms with Crippen molar-refractivity contribution >= 4 is 17.2 Å². The summed E-state index contributed by atoms with van der Waals surface area (Å²) in [5.74, 6) is 0. The van der Waals surface area contributed by atoms with Gasteiger partial charge in [-0.3, -0.25) is 0 Å². The van der Waals surface area contributed by atoms with Crippen LogP contribution in [-0.4, -0.2) is 4.99 Å². The topological polar surface area (TPSA) is 26.0 Å². The van der Waals surface area contributed by atoms with Gasteiger partial charge in [-0.15, -0.1) is 0 Å². The highest BCUT2D eigenvalue weighted by Crippen LogP contribution is 2.35. The smallest absolute Gasteiger partial charge is 0.0787 e. The molecule has 58 valence electrons. The van der Waals surface area contributed by atoms with E-state index in [1.807, 2.05) is 0 Å². The Labute approximate surface area is 68.0 Å². The molecule has 0 aromatic heterocycles. The first-order chi connectivity index (χ1) is 4.65. The Morgan fingerprint density at radius 1 is 1.30 bits per heavy atom. The van der Waals surface area contributed by atoms with Crippen molar-refractivity contribution in [3.05, 3.63) is 0 Å². The third kappa shape index (κ3) is 1.48. The summed E-state index contributed by atoms with van der Waals surface area (Å²) in [5.41, 5.74) is 5.82. The minimum Gasteiger partial charge on any atom is -0.393 e. The number of hydrogen-bond acceptors (Lipinski definition) is 1. The van der Waals surface area contributed by atoms with Crippen LogP contribution in [0.4, 0.5) is 0 Å². The average Bonchev–Trinajstić information content (AvgIpc) is 1.89. The molecular weight excluding hydrogens is 142 g/mol. The lowest BCUT2D eigenvalue weighted by molar-refractivity contribution is 0.314. The van der Waals surface area contributed by atoms with Crippen molar-refractivity contribution < 1.29 is 0 Å². The lowest BCUT2D eigenvalue weighted by atomic mass is 9.76.